The lowest BCUT2D eigenvalue weighted by atomic mass is 9.83. The number of likely N-dealkylation sites (tertiary alicyclic amines) is 1. The smallest absolute Gasteiger partial charge is 0.325 e. The monoisotopic (exact) mass is 464 g/mol. The number of nitrogens with zero attached hydrogens (tertiary/aromatic N) is 3. The molecule has 34 heavy (non-hydrogen) atoms. The highest BCUT2D eigenvalue weighted by Crippen LogP contribution is 2.35. The number of carbonyl (C=O) groups excluding carboxylic acids is 3. The maximum Gasteiger partial charge on any atom is 0.325 e. The van der Waals surface area contributed by atoms with Gasteiger partial charge in [-0.25, -0.2) is 4.79 Å². The van der Waals surface area contributed by atoms with E-state index >= 15 is 0 Å². The number of ether oxygens (including phenoxy) is 1. The van der Waals surface area contributed by atoms with Crippen molar-refractivity contribution in [2.75, 3.05) is 20.2 Å². The fourth-order valence-corrected chi connectivity index (χ4v) is 5.36. The molecule has 1 aromatic carbocycles. The summed E-state index contributed by atoms with van der Waals surface area (Å²) in [4.78, 5) is 53.5. The Kier molecular flexibility index (Phi) is 5.85. The minimum absolute atomic E-state index is 0.0154. The van der Waals surface area contributed by atoms with Crippen LogP contribution in [-0.2, 0) is 22.7 Å². The predicted molar refractivity (Wildman–Crippen MR) is 123 cm³/mol. The number of hydrogen-bond acceptors (Lipinski definition) is 5. The number of hydrogen-bond donors (Lipinski definition) is 1. The molecule has 2 saturated heterocycles. The van der Waals surface area contributed by atoms with Crippen LogP contribution in [0.5, 0.6) is 5.75 Å². The fraction of sp³-hybridized carbons (Fsp3) is 0.440. The molecule has 5 rings (SSSR count). The van der Waals surface area contributed by atoms with Gasteiger partial charge in [0.2, 0.25) is 5.91 Å². The molecular formula is C25H28N4O5. The third-order valence-corrected chi connectivity index (χ3v) is 7.09. The summed E-state index contributed by atoms with van der Waals surface area (Å²) in [7, 11) is 1.58. The first kappa shape index (κ1) is 22.2. The van der Waals surface area contributed by atoms with Crippen molar-refractivity contribution in [3.05, 3.63) is 64.1 Å². The molecule has 2 bridgehead atoms. The summed E-state index contributed by atoms with van der Waals surface area (Å²) in [6, 6.07) is 11.4. The van der Waals surface area contributed by atoms with Gasteiger partial charge < -0.3 is 19.5 Å². The molecule has 0 aliphatic carbocycles. The topological polar surface area (TPSA) is 101 Å². The SMILES string of the molecule is COc1ccc(CN2C(=O)NC(CCC(=O)N3CC4CC(C3)c3cccc(=O)n3C4)C2=O)cc1. The lowest BCUT2D eigenvalue weighted by Gasteiger charge is -2.42. The number of aromatic nitrogens is 1. The summed E-state index contributed by atoms with van der Waals surface area (Å²) in [6.07, 6.45) is 1.43. The number of benzene rings is 1. The van der Waals surface area contributed by atoms with Gasteiger partial charge in [-0.15, -0.1) is 0 Å². The molecule has 178 valence electrons. The van der Waals surface area contributed by atoms with Gasteiger partial charge in [-0.1, -0.05) is 18.2 Å². The van der Waals surface area contributed by atoms with Crippen LogP contribution in [0, 0.1) is 5.92 Å². The lowest BCUT2D eigenvalue weighted by Crippen LogP contribution is -2.49. The summed E-state index contributed by atoms with van der Waals surface area (Å²) >= 11 is 0. The van der Waals surface area contributed by atoms with Crippen LogP contribution < -0.4 is 15.6 Å². The number of carbonyl (C=O) groups is 3. The average molecular weight is 465 g/mol. The van der Waals surface area contributed by atoms with Crippen molar-refractivity contribution in [3.8, 4) is 5.75 Å². The van der Waals surface area contributed by atoms with Gasteiger partial charge in [-0.05, 0) is 42.5 Å². The molecule has 2 aromatic rings. The van der Waals surface area contributed by atoms with Crippen LogP contribution in [0.2, 0.25) is 0 Å². The van der Waals surface area contributed by atoms with E-state index in [0.29, 0.717) is 25.4 Å². The molecule has 0 saturated carbocycles. The van der Waals surface area contributed by atoms with E-state index in [9.17, 15) is 19.2 Å². The van der Waals surface area contributed by atoms with Gasteiger partial charge in [0, 0.05) is 43.7 Å². The predicted octanol–water partition coefficient (Wildman–Crippen LogP) is 1.70. The van der Waals surface area contributed by atoms with E-state index in [1.165, 1.54) is 4.90 Å². The Hall–Kier alpha value is -3.62. The van der Waals surface area contributed by atoms with Crippen LogP contribution in [-0.4, -0.2) is 58.5 Å². The van der Waals surface area contributed by atoms with Gasteiger partial charge in [-0.2, -0.15) is 0 Å². The van der Waals surface area contributed by atoms with Gasteiger partial charge in [0.15, 0.2) is 0 Å². The van der Waals surface area contributed by atoms with Crippen LogP contribution >= 0.6 is 0 Å². The zero-order valence-corrected chi connectivity index (χ0v) is 19.1. The van der Waals surface area contributed by atoms with E-state index in [4.69, 9.17) is 4.74 Å². The Balaban J connectivity index is 1.18. The molecule has 2 fully saturated rings. The number of piperidine rings is 1. The maximum absolute atomic E-state index is 13.0. The zero-order valence-electron chi connectivity index (χ0n) is 19.1. The number of rotatable bonds is 6. The van der Waals surface area contributed by atoms with E-state index in [2.05, 4.69) is 5.32 Å². The third-order valence-electron chi connectivity index (χ3n) is 7.09. The number of nitrogens with one attached hydrogen (secondary N) is 1. The quantitative estimate of drug-likeness (QED) is 0.656. The van der Waals surface area contributed by atoms with Crippen LogP contribution in [0.4, 0.5) is 4.79 Å². The second-order valence-electron chi connectivity index (χ2n) is 9.31. The first-order valence-corrected chi connectivity index (χ1v) is 11.6. The molecule has 4 amide bonds. The van der Waals surface area contributed by atoms with Crippen LogP contribution in [0.3, 0.4) is 0 Å². The van der Waals surface area contributed by atoms with Crippen molar-refractivity contribution in [1.29, 1.82) is 0 Å². The summed E-state index contributed by atoms with van der Waals surface area (Å²) < 4.78 is 6.98. The van der Waals surface area contributed by atoms with Crippen molar-refractivity contribution in [2.45, 2.75) is 44.3 Å². The summed E-state index contributed by atoms with van der Waals surface area (Å²) in [5, 5.41) is 2.72. The van der Waals surface area contributed by atoms with Crippen LogP contribution in [0.15, 0.2) is 47.3 Å². The van der Waals surface area contributed by atoms with E-state index in [1.54, 1.807) is 31.4 Å². The summed E-state index contributed by atoms with van der Waals surface area (Å²) in [5.41, 5.74) is 1.83. The normalized spacial score (nSPS) is 23.5. The van der Waals surface area contributed by atoms with E-state index < -0.39 is 12.1 Å². The molecule has 9 heteroatoms. The minimum Gasteiger partial charge on any atom is -0.497 e. The van der Waals surface area contributed by atoms with Crippen molar-refractivity contribution < 1.29 is 19.1 Å². The van der Waals surface area contributed by atoms with Gasteiger partial charge in [-0.3, -0.25) is 19.3 Å². The number of imide groups is 1. The van der Waals surface area contributed by atoms with Crippen molar-refractivity contribution in [3.63, 3.8) is 0 Å². The second-order valence-corrected chi connectivity index (χ2v) is 9.31. The highest BCUT2D eigenvalue weighted by molar-refractivity contribution is 6.04. The zero-order chi connectivity index (χ0) is 23.8. The highest BCUT2D eigenvalue weighted by atomic mass is 16.5. The Morgan fingerprint density at radius 3 is 2.62 bits per heavy atom. The minimum atomic E-state index is -0.696. The fourth-order valence-electron chi connectivity index (χ4n) is 5.36. The largest absolute Gasteiger partial charge is 0.497 e. The second kappa shape index (κ2) is 8.96. The summed E-state index contributed by atoms with van der Waals surface area (Å²) in [6.45, 7) is 2.00. The molecule has 9 nitrogen and oxygen atoms in total. The van der Waals surface area contributed by atoms with Gasteiger partial charge >= 0.3 is 6.03 Å². The van der Waals surface area contributed by atoms with Crippen LogP contribution in [0.1, 0.15) is 36.4 Å². The van der Waals surface area contributed by atoms with Crippen LogP contribution in [0.25, 0.3) is 0 Å². The standard InChI is InChI=1S/C25H28N4O5/c1-34-19-7-5-16(6-8-19)13-29-24(32)20(26-25(29)33)9-10-22(30)27-12-17-11-18(15-27)21-3-2-4-23(31)28(21)14-17/h2-8,17-18,20H,9-15H2,1H3,(H,26,33). The van der Waals surface area contributed by atoms with Crippen molar-refractivity contribution in [1.82, 2.24) is 19.7 Å². The molecule has 0 radical (unpaired) electrons. The molecule has 3 aliphatic rings. The first-order valence-electron chi connectivity index (χ1n) is 11.6. The highest BCUT2D eigenvalue weighted by Gasteiger charge is 2.39. The van der Waals surface area contributed by atoms with Gasteiger partial charge in [0.05, 0.1) is 13.7 Å². The third kappa shape index (κ3) is 4.18. The molecule has 1 N–H and O–H groups in total. The Bertz CT molecular complexity index is 1170. The summed E-state index contributed by atoms with van der Waals surface area (Å²) in [5.74, 6) is 0.783. The molecule has 3 unspecified atom stereocenters. The molecule has 0 spiro atoms. The molecule has 1 aromatic heterocycles. The lowest BCUT2D eigenvalue weighted by molar-refractivity contribution is -0.134. The van der Waals surface area contributed by atoms with Gasteiger partial charge in [0.25, 0.3) is 11.5 Å². The maximum atomic E-state index is 13.0. The molecular weight excluding hydrogens is 436 g/mol. The van der Waals surface area contributed by atoms with E-state index in [1.807, 2.05) is 27.7 Å². The number of methoxy groups -OCH3 is 1. The molecule has 3 aliphatic heterocycles. The van der Waals surface area contributed by atoms with E-state index in [0.717, 1.165) is 17.7 Å². The van der Waals surface area contributed by atoms with Crippen molar-refractivity contribution >= 4 is 17.8 Å². The van der Waals surface area contributed by atoms with Crippen molar-refractivity contribution in [2.24, 2.45) is 5.92 Å². The Morgan fingerprint density at radius 2 is 1.85 bits per heavy atom. The van der Waals surface area contributed by atoms with E-state index in [-0.39, 0.29) is 48.6 Å². The molecule has 3 atom stereocenters. The number of fused-ring (bicyclic) bond motifs is 4. The van der Waals surface area contributed by atoms with Gasteiger partial charge in [0.1, 0.15) is 11.8 Å². The molecule has 4 heterocycles. The Labute approximate surface area is 197 Å². The Morgan fingerprint density at radius 1 is 1.06 bits per heavy atom. The number of urea groups is 1. The average Bonchev–Trinajstić information content (AvgIpc) is 3.11. The number of amides is 4. The first-order chi connectivity index (χ1) is 16.4. The number of pyridine rings is 1.